The number of halogens is 2. The van der Waals surface area contributed by atoms with Gasteiger partial charge < -0.3 is 5.11 Å². The number of thiophene rings is 1. The van der Waals surface area contributed by atoms with Crippen LogP contribution >= 0.6 is 27.3 Å². The van der Waals surface area contributed by atoms with Crippen molar-refractivity contribution in [2.75, 3.05) is 0 Å². The molecule has 0 saturated carbocycles. The molecule has 2 rings (SSSR count). The van der Waals surface area contributed by atoms with E-state index in [0.29, 0.717) is 6.42 Å². The van der Waals surface area contributed by atoms with Crippen molar-refractivity contribution in [1.29, 1.82) is 0 Å². The van der Waals surface area contributed by atoms with Gasteiger partial charge in [-0.3, -0.25) is 0 Å². The van der Waals surface area contributed by atoms with E-state index in [-0.39, 0.29) is 5.82 Å². The summed E-state index contributed by atoms with van der Waals surface area (Å²) >= 11 is 4.89. The normalized spacial score (nSPS) is 12.7. The van der Waals surface area contributed by atoms with E-state index in [2.05, 4.69) is 15.9 Å². The summed E-state index contributed by atoms with van der Waals surface area (Å²) in [6.45, 7) is 1.92. The maximum Gasteiger partial charge on any atom is 0.123 e. The maximum atomic E-state index is 13.1. The van der Waals surface area contributed by atoms with Gasteiger partial charge >= 0.3 is 0 Å². The van der Waals surface area contributed by atoms with Gasteiger partial charge in [-0.25, -0.2) is 4.39 Å². The molecule has 17 heavy (non-hydrogen) atoms. The van der Waals surface area contributed by atoms with Crippen LogP contribution in [0.3, 0.4) is 0 Å². The summed E-state index contributed by atoms with van der Waals surface area (Å²) in [6, 6.07) is 6.56. The Bertz CT molecular complexity index is 524. The molecular weight excluding hydrogens is 303 g/mol. The van der Waals surface area contributed by atoms with E-state index in [1.165, 1.54) is 23.5 Å². The van der Waals surface area contributed by atoms with Crippen molar-refractivity contribution in [3.05, 3.63) is 55.9 Å². The monoisotopic (exact) mass is 314 g/mol. The number of benzene rings is 1. The Hall–Kier alpha value is -0.710. The van der Waals surface area contributed by atoms with Gasteiger partial charge in [0.1, 0.15) is 5.82 Å². The first-order chi connectivity index (χ1) is 8.08. The third kappa shape index (κ3) is 2.94. The Kier molecular flexibility index (Phi) is 3.97. The van der Waals surface area contributed by atoms with Crippen molar-refractivity contribution in [2.45, 2.75) is 19.4 Å². The first-order valence-corrected chi connectivity index (χ1v) is 6.91. The Morgan fingerprint density at radius 3 is 2.82 bits per heavy atom. The van der Waals surface area contributed by atoms with Crippen LogP contribution in [0.15, 0.2) is 34.1 Å². The van der Waals surface area contributed by atoms with Crippen LogP contribution < -0.4 is 0 Å². The Labute approximate surface area is 112 Å². The van der Waals surface area contributed by atoms with Crippen molar-refractivity contribution in [2.24, 2.45) is 0 Å². The van der Waals surface area contributed by atoms with E-state index in [9.17, 15) is 9.50 Å². The molecular formula is C13H12BrFOS. The summed E-state index contributed by atoms with van der Waals surface area (Å²) in [5, 5.41) is 12.0. The summed E-state index contributed by atoms with van der Waals surface area (Å²) in [7, 11) is 0. The molecule has 0 aliphatic rings. The number of aliphatic hydroxyl groups excluding tert-OH is 1. The molecule has 1 unspecified atom stereocenters. The lowest BCUT2D eigenvalue weighted by molar-refractivity contribution is 0.181. The zero-order valence-corrected chi connectivity index (χ0v) is 11.7. The van der Waals surface area contributed by atoms with Gasteiger partial charge in [-0.2, -0.15) is 0 Å². The largest absolute Gasteiger partial charge is 0.387 e. The predicted octanol–water partition coefficient (Wildman–Crippen LogP) is 4.23. The summed E-state index contributed by atoms with van der Waals surface area (Å²) in [4.78, 5) is 0.883. The molecule has 0 saturated heterocycles. The molecule has 0 aliphatic heterocycles. The van der Waals surface area contributed by atoms with Gasteiger partial charge in [0.15, 0.2) is 0 Å². The Balaban J connectivity index is 2.21. The molecule has 0 radical (unpaired) electrons. The van der Waals surface area contributed by atoms with Crippen molar-refractivity contribution >= 4 is 27.3 Å². The lowest BCUT2D eigenvalue weighted by Crippen LogP contribution is -2.02. The smallest absolute Gasteiger partial charge is 0.123 e. The third-order valence-electron chi connectivity index (χ3n) is 2.67. The highest BCUT2D eigenvalue weighted by Crippen LogP contribution is 2.31. The van der Waals surface area contributed by atoms with Crippen LogP contribution in [-0.2, 0) is 6.42 Å². The second-order valence-electron chi connectivity index (χ2n) is 3.92. The van der Waals surface area contributed by atoms with E-state index in [1.807, 2.05) is 18.4 Å². The maximum absolute atomic E-state index is 13.1. The van der Waals surface area contributed by atoms with Gasteiger partial charge in [-0.05, 0) is 57.6 Å². The number of aliphatic hydroxyl groups is 1. The van der Waals surface area contributed by atoms with Crippen molar-refractivity contribution < 1.29 is 9.50 Å². The molecule has 90 valence electrons. The van der Waals surface area contributed by atoms with Crippen molar-refractivity contribution in [3.8, 4) is 0 Å². The fourth-order valence-electron chi connectivity index (χ4n) is 1.70. The van der Waals surface area contributed by atoms with Crippen LogP contribution in [0.25, 0.3) is 0 Å². The summed E-state index contributed by atoms with van der Waals surface area (Å²) in [5.41, 5.74) is 1.84. The SMILES string of the molecule is Cc1ccc(F)cc1CC(O)c1sccc1Br. The molecule has 1 atom stereocenters. The molecule has 0 fully saturated rings. The van der Waals surface area contributed by atoms with Gasteiger partial charge in [0.2, 0.25) is 0 Å². The number of aryl methyl sites for hydroxylation is 1. The van der Waals surface area contributed by atoms with Gasteiger partial charge in [0.05, 0.1) is 6.10 Å². The van der Waals surface area contributed by atoms with E-state index < -0.39 is 6.10 Å². The molecule has 1 N–H and O–H groups in total. The average molecular weight is 315 g/mol. The third-order valence-corrected chi connectivity index (χ3v) is 4.64. The molecule has 0 spiro atoms. The van der Waals surface area contributed by atoms with Gasteiger partial charge in [0, 0.05) is 15.8 Å². The van der Waals surface area contributed by atoms with Crippen LogP contribution in [0.1, 0.15) is 22.1 Å². The molecule has 1 aromatic heterocycles. The first kappa shape index (κ1) is 12.7. The van der Waals surface area contributed by atoms with Crippen LogP contribution in [0.2, 0.25) is 0 Å². The first-order valence-electron chi connectivity index (χ1n) is 5.24. The molecule has 0 bridgehead atoms. The van der Waals surface area contributed by atoms with Crippen molar-refractivity contribution in [1.82, 2.24) is 0 Å². The lowest BCUT2D eigenvalue weighted by atomic mass is 10.0. The summed E-state index contributed by atoms with van der Waals surface area (Å²) < 4.78 is 14.0. The topological polar surface area (TPSA) is 20.2 Å². The zero-order chi connectivity index (χ0) is 12.4. The highest BCUT2D eigenvalue weighted by Gasteiger charge is 2.14. The average Bonchev–Trinajstić information content (AvgIpc) is 2.70. The standard InChI is InChI=1S/C13H12BrFOS/c1-8-2-3-10(15)6-9(8)7-12(16)13-11(14)4-5-17-13/h2-6,12,16H,7H2,1H3. The fourth-order valence-corrected chi connectivity index (χ4v) is 3.33. The van der Waals surface area contributed by atoms with Crippen LogP contribution in [0, 0.1) is 12.7 Å². The molecule has 1 nitrogen and oxygen atoms in total. The lowest BCUT2D eigenvalue weighted by Gasteiger charge is -2.11. The number of hydrogen-bond donors (Lipinski definition) is 1. The molecule has 1 heterocycles. The molecule has 0 aliphatic carbocycles. The van der Waals surface area contributed by atoms with E-state index in [1.54, 1.807) is 6.07 Å². The molecule has 4 heteroatoms. The second-order valence-corrected chi connectivity index (χ2v) is 5.73. The minimum Gasteiger partial charge on any atom is -0.387 e. The van der Waals surface area contributed by atoms with E-state index >= 15 is 0 Å². The quantitative estimate of drug-likeness (QED) is 0.898. The highest BCUT2D eigenvalue weighted by molar-refractivity contribution is 9.10. The minimum absolute atomic E-state index is 0.261. The van der Waals surface area contributed by atoms with E-state index in [4.69, 9.17) is 0 Å². The molecule has 0 amide bonds. The number of rotatable bonds is 3. The summed E-state index contributed by atoms with van der Waals surface area (Å²) in [5.74, 6) is -0.261. The molecule has 2 aromatic rings. The van der Waals surface area contributed by atoms with Crippen molar-refractivity contribution in [3.63, 3.8) is 0 Å². The Morgan fingerprint density at radius 1 is 1.41 bits per heavy atom. The van der Waals surface area contributed by atoms with Gasteiger partial charge in [0.25, 0.3) is 0 Å². The van der Waals surface area contributed by atoms with E-state index in [0.717, 1.165) is 20.5 Å². The highest BCUT2D eigenvalue weighted by atomic mass is 79.9. The predicted molar refractivity (Wildman–Crippen MR) is 71.8 cm³/mol. The fraction of sp³-hybridized carbons (Fsp3) is 0.231. The van der Waals surface area contributed by atoms with Crippen LogP contribution in [0.4, 0.5) is 4.39 Å². The van der Waals surface area contributed by atoms with Gasteiger partial charge in [-0.15, -0.1) is 11.3 Å². The van der Waals surface area contributed by atoms with Crippen LogP contribution in [0.5, 0.6) is 0 Å². The number of hydrogen-bond acceptors (Lipinski definition) is 2. The minimum atomic E-state index is -0.593. The second kappa shape index (κ2) is 5.29. The molecule has 1 aromatic carbocycles. The van der Waals surface area contributed by atoms with Gasteiger partial charge in [-0.1, -0.05) is 6.07 Å². The summed E-state index contributed by atoms with van der Waals surface area (Å²) in [6.07, 6.45) is -0.159. The Morgan fingerprint density at radius 2 is 2.18 bits per heavy atom. The zero-order valence-electron chi connectivity index (χ0n) is 9.28. The van der Waals surface area contributed by atoms with Crippen LogP contribution in [-0.4, -0.2) is 5.11 Å².